The Bertz CT molecular complexity index is 275. The standard InChI is InChI=1S/2C8H16.4C4H8O.2Mg/c2*1-7(2)5-6-8(3)4;4*1-2-4-5-3-1;;/h2*5-6H2,1-4H3;4*1-4H2;;/q2*-2;;;;;2*+2. The summed E-state index contributed by atoms with van der Waals surface area (Å²) in [6.07, 6.45) is 15.3. The second kappa shape index (κ2) is 38.4. The first kappa shape index (κ1) is 46.3. The zero-order chi connectivity index (χ0) is 27.3. The fourth-order valence-electron chi connectivity index (χ4n) is 3.04. The molecule has 4 aliphatic rings. The molecule has 4 saturated heterocycles. The van der Waals surface area contributed by atoms with Crippen LogP contribution in [0.4, 0.5) is 0 Å². The fourth-order valence-corrected chi connectivity index (χ4v) is 3.04. The van der Waals surface area contributed by atoms with Crippen molar-refractivity contribution in [3.63, 3.8) is 0 Å². The van der Waals surface area contributed by atoms with E-state index in [-0.39, 0.29) is 46.1 Å². The van der Waals surface area contributed by atoms with Crippen molar-refractivity contribution in [2.45, 2.75) is 132 Å². The van der Waals surface area contributed by atoms with Gasteiger partial charge in [-0.2, -0.15) is 55.4 Å². The van der Waals surface area contributed by atoms with E-state index in [2.05, 4.69) is 55.4 Å². The van der Waals surface area contributed by atoms with E-state index in [1.807, 2.05) is 0 Å². The minimum atomic E-state index is 0. The summed E-state index contributed by atoms with van der Waals surface area (Å²) in [4.78, 5) is 0. The van der Waals surface area contributed by atoms with E-state index in [1.54, 1.807) is 0 Å². The van der Waals surface area contributed by atoms with Gasteiger partial charge in [0.15, 0.2) is 0 Å². The van der Waals surface area contributed by atoms with Crippen LogP contribution in [-0.2, 0) is 18.9 Å². The third-order valence-corrected chi connectivity index (χ3v) is 5.56. The normalized spacial score (nSPS) is 17.4. The summed E-state index contributed by atoms with van der Waals surface area (Å²) >= 11 is 0. The van der Waals surface area contributed by atoms with Crippen LogP contribution < -0.4 is 0 Å². The Morgan fingerprint density at radius 2 is 0.447 bits per heavy atom. The van der Waals surface area contributed by atoms with Gasteiger partial charge >= 0.3 is 46.1 Å². The topological polar surface area (TPSA) is 36.9 Å². The van der Waals surface area contributed by atoms with Crippen molar-refractivity contribution < 1.29 is 18.9 Å². The van der Waals surface area contributed by atoms with Crippen LogP contribution in [0.1, 0.15) is 132 Å². The molecular weight excluding hydrogens is 497 g/mol. The molecule has 0 N–H and O–H groups in total. The Kier molecular flexibility index (Phi) is 46.8. The molecule has 0 atom stereocenters. The van der Waals surface area contributed by atoms with Crippen LogP contribution in [0.25, 0.3) is 0 Å². The Hall–Kier alpha value is 1.37. The molecule has 0 saturated carbocycles. The number of rotatable bonds is 6. The van der Waals surface area contributed by atoms with Gasteiger partial charge < -0.3 is 42.6 Å². The molecule has 0 aromatic carbocycles. The fraction of sp³-hybridized carbons (Fsp3) is 0.875. The molecule has 0 aliphatic carbocycles. The van der Waals surface area contributed by atoms with Crippen molar-refractivity contribution in [3.8, 4) is 0 Å². The summed E-state index contributed by atoms with van der Waals surface area (Å²) in [5.41, 5.74) is 0. The van der Waals surface area contributed by atoms with Gasteiger partial charge in [0.2, 0.25) is 0 Å². The average Bonchev–Trinajstić information content (AvgIpc) is 3.66. The Morgan fingerprint density at radius 3 is 0.500 bits per heavy atom. The van der Waals surface area contributed by atoms with E-state index >= 15 is 0 Å². The summed E-state index contributed by atoms with van der Waals surface area (Å²) in [7, 11) is 0. The Labute approximate surface area is 272 Å². The molecule has 0 bridgehead atoms. The molecular formula is C32H64Mg2O4. The van der Waals surface area contributed by atoms with Gasteiger partial charge in [0.25, 0.3) is 0 Å². The zero-order valence-electron chi connectivity index (χ0n) is 27.2. The Balaban J connectivity index is -0.000000182. The molecule has 4 nitrogen and oxygen atoms in total. The van der Waals surface area contributed by atoms with Gasteiger partial charge in [-0.3, -0.25) is 0 Å². The quantitative estimate of drug-likeness (QED) is 0.241. The summed E-state index contributed by atoms with van der Waals surface area (Å²) in [6, 6.07) is 0. The van der Waals surface area contributed by atoms with E-state index in [0.717, 1.165) is 52.9 Å². The first-order chi connectivity index (χ1) is 17.3. The monoisotopic (exact) mass is 560 g/mol. The van der Waals surface area contributed by atoms with E-state index < -0.39 is 0 Å². The van der Waals surface area contributed by atoms with Crippen molar-refractivity contribution in [3.05, 3.63) is 23.7 Å². The van der Waals surface area contributed by atoms with Gasteiger partial charge in [0, 0.05) is 52.9 Å². The molecule has 0 spiro atoms. The van der Waals surface area contributed by atoms with E-state index in [9.17, 15) is 0 Å². The number of hydrogen-bond acceptors (Lipinski definition) is 4. The third kappa shape index (κ3) is 50.2. The SMILES string of the molecule is C1CCOC1.C1CCOC1.C1CCOC1.C1CCOC1.C[C-](C)CC[C-](C)C.C[C-](C)CC[C-](C)C.[Mg+2].[Mg+2]. The van der Waals surface area contributed by atoms with Gasteiger partial charge in [-0.15, -0.1) is 0 Å². The smallest absolute Gasteiger partial charge is 0.381 e. The van der Waals surface area contributed by atoms with Gasteiger partial charge in [-0.05, 0) is 51.4 Å². The molecule has 0 aromatic heterocycles. The predicted molar refractivity (Wildman–Crippen MR) is 169 cm³/mol. The van der Waals surface area contributed by atoms with Crippen molar-refractivity contribution in [2.75, 3.05) is 52.9 Å². The van der Waals surface area contributed by atoms with E-state index in [1.165, 1.54) is 101 Å². The second-order valence-electron chi connectivity index (χ2n) is 11.1. The van der Waals surface area contributed by atoms with Gasteiger partial charge in [-0.25, -0.2) is 25.7 Å². The van der Waals surface area contributed by atoms with Crippen LogP contribution in [0, 0.1) is 23.7 Å². The Morgan fingerprint density at radius 1 is 0.316 bits per heavy atom. The summed E-state index contributed by atoms with van der Waals surface area (Å²) in [5.74, 6) is 6.13. The molecule has 0 aromatic rings. The summed E-state index contributed by atoms with van der Waals surface area (Å²) in [5, 5.41) is 0. The molecule has 6 heteroatoms. The molecule has 4 fully saturated rings. The molecule has 0 unspecified atom stereocenters. The van der Waals surface area contributed by atoms with Crippen molar-refractivity contribution in [2.24, 2.45) is 0 Å². The van der Waals surface area contributed by atoms with Crippen LogP contribution in [0.15, 0.2) is 0 Å². The third-order valence-electron chi connectivity index (χ3n) is 5.56. The number of hydrogen-bond donors (Lipinski definition) is 0. The molecule has 4 aliphatic heterocycles. The van der Waals surface area contributed by atoms with Crippen LogP contribution in [-0.4, -0.2) is 99.0 Å². The molecule has 4 heterocycles. The largest absolute Gasteiger partial charge is 2.00 e. The maximum Gasteiger partial charge on any atom is 2.00 e. The molecule has 4 rings (SSSR count). The van der Waals surface area contributed by atoms with Crippen LogP contribution in [0.2, 0.25) is 0 Å². The zero-order valence-corrected chi connectivity index (χ0v) is 30.0. The van der Waals surface area contributed by atoms with Gasteiger partial charge in [0.05, 0.1) is 0 Å². The second-order valence-corrected chi connectivity index (χ2v) is 11.1. The average molecular weight is 561 g/mol. The maximum atomic E-state index is 4.94. The molecule has 0 radical (unpaired) electrons. The van der Waals surface area contributed by atoms with Gasteiger partial charge in [-0.1, -0.05) is 0 Å². The minimum absolute atomic E-state index is 0. The molecule has 0 amide bonds. The van der Waals surface area contributed by atoms with Crippen molar-refractivity contribution in [1.82, 2.24) is 0 Å². The van der Waals surface area contributed by atoms with Crippen LogP contribution >= 0.6 is 0 Å². The minimum Gasteiger partial charge on any atom is -0.381 e. The van der Waals surface area contributed by atoms with Crippen molar-refractivity contribution >= 4 is 46.1 Å². The van der Waals surface area contributed by atoms with Crippen LogP contribution in [0.3, 0.4) is 0 Å². The molecule has 38 heavy (non-hydrogen) atoms. The molecule has 220 valence electrons. The summed E-state index contributed by atoms with van der Waals surface area (Å²) in [6.45, 7) is 25.5. The predicted octanol–water partition coefficient (Wildman–Crippen LogP) is 8.42. The van der Waals surface area contributed by atoms with Crippen LogP contribution in [0.5, 0.6) is 0 Å². The van der Waals surface area contributed by atoms with E-state index in [0.29, 0.717) is 0 Å². The first-order valence-corrected chi connectivity index (χ1v) is 14.7. The first-order valence-electron chi connectivity index (χ1n) is 14.7. The summed E-state index contributed by atoms with van der Waals surface area (Å²) < 4.78 is 19.8. The number of ether oxygens (including phenoxy) is 4. The van der Waals surface area contributed by atoms with E-state index in [4.69, 9.17) is 18.9 Å². The van der Waals surface area contributed by atoms with Gasteiger partial charge in [0.1, 0.15) is 0 Å². The maximum absolute atomic E-state index is 4.94. The van der Waals surface area contributed by atoms with Crippen molar-refractivity contribution in [1.29, 1.82) is 0 Å².